The van der Waals surface area contributed by atoms with Crippen LogP contribution < -0.4 is 9.80 Å². The Bertz CT molecular complexity index is 3410. The Morgan fingerprint density at radius 1 is 0.435 bits per heavy atom. The summed E-state index contributed by atoms with van der Waals surface area (Å²) in [4.78, 5) is 15.1. The van der Waals surface area contributed by atoms with Gasteiger partial charge in [-0.3, -0.25) is 14.9 Å². The minimum absolute atomic E-state index is 0.169. The standard InChI is InChI=1S/C58H44N4/c1-57(2)51-15-9-10-16-53(51)62-54-52(57)31-32-59-55(54)58(3,4)60-56(62)45-24-30-50-44(34-45)18-17-43-33-42(23-29-49(43)50)39-19-25-46(26-20-39)61(47-27-21-37-11-5-7-13-40(37)35-47)48-28-22-38-12-6-8-14-41(38)36-48/h5-36H,1-4H3. The highest BCUT2D eigenvalue weighted by Crippen LogP contribution is 2.54. The van der Waals surface area contributed by atoms with Crippen molar-refractivity contribution in [1.29, 1.82) is 0 Å². The Labute approximate surface area is 362 Å². The van der Waals surface area contributed by atoms with Crippen LogP contribution in [-0.4, -0.2) is 10.8 Å². The zero-order valence-electron chi connectivity index (χ0n) is 35.3. The van der Waals surface area contributed by atoms with Crippen molar-refractivity contribution >= 4 is 77.4 Å². The van der Waals surface area contributed by atoms with Crippen LogP contribution in [0.3, 0.4) is 0 Å². The van der Waals surface area contributed by atoms with Gasteiger partial charge < -0.3 is 4.90 Å². The number of para-hydroxylation sites is 1. The van der Waals surface area contributed by atoms with Crippen molar-refractivity contribution in [1.82, 2.24) is 4.98 Å². The molecular formula is C58H44N4. The molecule has 0 saturated heterocycles. The molecule has 0 atom stereocenters. The second-order valence-corrected chi connectivity index (χ2v) is 17.9. The monoisotopic (exact) mass is 796 g/mol. The normalized spacial score (nSPS) is 14.8. The number of benzene rings is 9. The molecule has 296 valence electrons. The van der Waals surface area contributed by atoms with Crippen LogP contribution in [0.15, 0.2) is 199 Å². The number of fused-ring (bicyclic) bond motifs is 7. The van der Waals surface area contributed by atoms with E-state index in [4.69, 9.17) is 9.98 Å². The summed E-state index contributed by atoms with van der Waals surface area (Å²) in [5.74, 6) is 0.959. The van der Waals surface area contributed by atoms with Gasteiger partial charge in [0.15, 0.2) is 0 Å². The van der Waals surface area contributed by atoms with Crippen LogP contribution in [0.4, 0.5) is 28.4 Å². The van der Waals surface area contributed by atoms with Crippen molar-refractivity contribution in [2.24, 2.45) is 4.99 Å². The van der Waals surface area contributed by atoms with E-state index in [9.17, 15) is 0 Å². The molecule has 2 aliphatic heterocycles. The molecule has 0 fully saturated rings. The molecule has 3 heterocycles. The summed E-state index contributed by atoms with van der Waals surface area (Å²) in [5.41, 5.74) is 12.1. The van der Waals surface area contributed by atoms with Gasteiger partial charge in [0.25, 0.3) is 0 Å². The van der Waals surface area contributed by atoms with E-state index >= 15 is 0 Å². The zero-order chi connectivity index (χ0) is 41.7. The number of aliphatic imine (C=N–C) groups is 1. The van der Waals surface area contributed by atoms with E-state index in [0.717, 1.165) is 34.2 Å². The molecule has 0 radical (unpaired) electrons. The molecule has 0 N–H and O–H groups in total. The maximum Gasteiger partial charge on any atom is 0.141 e. The summed E-state index contributed by atoms with van der Waals surface area (Å²) in [5, 5.41) is 9.78. The van der Waals surface area contributed by atoms with Gasteiger partial charge in [0.1, 0.15) is 11.4 Å². The first-order valence-corrected chi connectivity index (χ1v) is 21.6. The van der Waals surface area contributed by atoms with E-state index in [0.29, 0.717) is 0 Å². The fraction of sp³-hybridized carbons (Fsp3) is 0.103. The fourth-order valence-electron chi connectivity index (χ4n) is 10.1. The fourth-order valence-corrected chi connectivity index (χ4v) is 10.1. The number of hydrogen-bond acceptors (Lipinski definition) is 4. The Morgan fingerprint density at radius 3 is 1.63 bits per heavy atom. The molecule has 10 aromatic rings. The average Bonchev–Trinajstić information content (AvgIpc) is 3.31. The van der Waals surface area contributed by atoms with Gasteiger partial charge in [-0.15, -0.1) is 0 Å². The topological polar surface area (TPSA) is 31.7 Å². The molecule has 12 rings (SSSR count). The summed E-state index contributed by atoms with van der Waals surface area (Å²) in [7, 11) is 0. The SMILES string of the molecule is CC1(C)N=C(c2ccc3c(ccc4cc(-c5ccc(N(c6ccc7ccccc7c6)c6ccc7ccccc7c6)cc5)ccc43)c2)N2c3ccccc3C(C)(C)c3ccnc1c32. The van der Waals surface area contributed by atoms with Crippen molar-refractivity contribution < 1.29 is 0 Å². The molecule has 0 aliphatic carbocycles. The lowest BCUT2D eigenvalue weighted by atomic mass is 9.72. The highest BCUT2D eigenvalue weighted by molar-refractivity contribution is 6.19. The molecule has 0 unspecified atom stereocenters. The first-order chi connectivity index (χ1) is 30.2. The van der Waals surface area contributed by atoms with E-state index in [1.807, 2.05) is 6.20 Å². The number of nitrogens with zero attached hydrogens (tertiary/aromatic N) is 4. The van der Waals surface area contributed by atoms with Gasteiger partial charge in [0.2, 0.25) is 0 Å². The molecular weight excluding hydrogens is 753 g/mol. The van der Waals surface area contributed by atoms with Gasteiger partial charge in [-0.25, -0.2) is 0 Å². The summed E-state index contributed by atoms with van der Waals surface area (Å²) in [6.45, 7) is 9.03. The van der Waals surface area contributed by atoms with E-state index in [-0.39, 0.29) is 5.41 Å². The van der Waals surface area contributed by atoms with Gasteiger partial charge in [-0.05, 0) is 140 Å². The zero-order valence-corrected chi connectivity index (χ0v) is 35.3. The van der Waals surface area contributed by atoms with Crippen molar-refractivity contribution in [3.63, 3.8) is 0 Å². The molecule has 9 aromatic carbocycles. The molecule has 62 heavy (non-hydrogen) atoms. The van der Waals surface area contributed by atoms with Gasteiger partial charge in [-0.2, -0.15) is 0 Å². The molecule has 0 amide bonds. The minimum Gasteiger partial charge on any atom is -0.310 e. The Kier molecular flexibility index (Phi) is 7.89. The lowest BCUT2D eigenvalue weighted by molar-refractivity contribution is 0.523. The number of anilines is 5. The smallest absolute Gasteiger partial charge is 0.141 e. The van der Waals surface area contributed by atoms with Crippen molar-refractivity contribution in [2.45, 2.75) is 38.6 Å². The average molecular weight is 797 g/mol. The summed E-state index contributed by atoms with van der Waals surface area (Å²) >= 11 is 0. The summed E-state index contributed by atoms with van der Waals surface area (Å²) in [6, 6.07) is 68.9. The van der Waals surface area contributed by atoms with E-state index in [1.54, 1.807) is 0 Å². The van der Waals surface area contributed by atoms with Crippen LogP contribution in [0.25, 0.3) is 54.2 Å². The lowest BCUT2D eigenvalue weighted by Crippen LogP contribution is -2.43. The molecule has 4 nitrogen and oxygen atoms in total. The van der Waals surface area contributed by atoms with Crippen LogP contribution in [0.1, 0.15) is 50.1 Å². The Morgan fingerprint density at radius 2 is 0.968 bits per heavy atom. The summed E-state index contributed by atoms with van der Waals surface area (Å²) in [6.07, 6.45) is 1.96. The molecule has 1 aromatic heterocycles. The first kappa shape index (κ1) is 36.3. The maximum atomic E-state index is 5.47. The third-order valence-electron chi connectivity index (χ3n) is 13.4. The van der Waals surface area contributed by atoms with Gasteiger partial charge in [0, 0.05) is 34.2 Å². The van der Waals surface area contributed by atoms with Crippen molar-refractivity contribution in [3.8, 4) is 11.1 Å². The van der Waals surface area contributed by atoms with E-state index in [2.05, 4.69) is 226 Å². The Hall–Kier alpha value is -7.56. The van der Waals surface area contributed by atoms with Crippen molar-refractivity contribution in [3.05, 3.63) is 217 Å². The van der Waals surface area contributed by atoms with Gasteiger partial charge in [-0.1, -0.05) is 141 Å². The van der Waals surface area contributed by atoms with Crippen LogP contribution >= 0.6 is 0 Å². The molecule has 0 spiro atoms. The molecule has 0 bridgehead atoms. The number of pyridine rings is 1. The van der Waals surface area contributed by atoms with Crippen LogP contribution in [-0.2, 0) is 11.0 Å². The second kappa shape index (κ2) is 13.5. The van der Waals surface area contributed by atoms with Crippen LogP contribution in [0.5, 0.6) is 0 Å². The van der Waals surface area contributed by atoms with Gasteiger partial charge in [0.05, 0.1) is 17.1 Å². The molecule has 4 heteroatoms. The second-order valence-electron chi connectivity index (χ2n) is 17.9. The number of aromatic nitrogens is 1. The number of rotatable bonds is 5. The summed E-state index contributed by atoms with van der Waals surface area (Å²) < 4.78 is 0. The quantitative estimate of drug-likeness (QED) is 0.163. The predicted octanol–water partition coefficient (Wildman–Crippen LogP) is 15.3. The Balaban J connectivity index is 0.903. The van der Waals surface area contributed by atoms with E-state index in [1.165, 1.54) is 76.7 Å². The number of amidine groups is 1. The molecule has 2 aliphatic rings. The minimum atomic E-state index is -0.488. The first-order valence-electron chi connectivity index (χ1n) is 21.6. The molecule has 0 saturated carbocycles. The van der Waals surface area contributed by atoms with Crippen LogP contribution in [0, 0.1) is 0 Å². The van der Waals surface area contributed by atoms with Crippen LogP contribution in [0.2, 0.25) is 0 Å². The lowest BCUT2D eigenvalue weighted by Gasteiger charge is -2.46. The van der Waals surface area contributed by atoms with E-state index < -0.39 is 5.54 Å². The largest absolute Gasteiger partial charge is 0.310 e. The predicted molar refractivity (Wildman–Crippen MR) is 261 cm³/mol. The highest BCUT2D eigenvalue weighted by Gasteiger charge is 2.45. The van der Waals surface area contributed by atoms with Crippen molar-refractivity contribution in [2.75, 3.05) is 9.80 Å². The van der Waals surface area contributed by atoms with Gasteiger partial charge >= 0.3 is 0 Å². The highest BCUT2D eigenvalue weighted by atomic mass is 15.3. The number of hydrogen-bond donors (Lipinski definition) is 0. The maximum absolute atomic E-state index is 5.47. The third kappa shape index (κ3) is 5.60. The third-order valence-corrected chi connectivity index (χ3v) is 13.4.